The van der Waals surface area contributed by atoms with Gasteiger partial charge in [0.2, 0.25) is 0 Å². The lowest BCUT2D eigenvalue weighted by Crippen LogP contribution is -2.19. The molecule has 0 bridgehead atoms. The summed E-state index contributed by atoms with van der Waals surface area (Å²) in [4.78, 5) is 0. The molecule has 1 atom stereocenters. The van der Waals surface area contributed by atoms with E-state index in [0.717, 1.165) is 18.7 Å². The first-order chi connectivity index (χ1) is 7.77. The highest BCUT2D eigenvalue weighted by molar-refractivity contribution is 5.30. The summed E-state index contributed by atoms with van der Waals surface area (Å²) in [6.07, 6.45) is 1.11. The highest BCUT2D eigenvalue weighted by Gasteiger charge is 2.04. The molecule has 0 fully saturated rings. The summed E-state index contributed by atoms with van der Waals surface area (Å²) < 4.78 is 17.2. The minimum absolute atomic E-state index is 0.125. The van der Waals surface area contributed by atoms with Crippen LogP contribution >= 0.6 is 0 Å². The van der Waals surface area contributed by atoms with Crippen molar-refractivity contribution < 1.29 is 9.13 Å². The summed E-state index contributed by atoms with van der Waals surface area (Å²) in [5, 5.41) is 3.40. The lowest BCUT2D eigenvalue weighted by molar-refractivity contribution is 0.273. The molecule has 0 amide bonds. The van der Waals surface area contributed by atoms with Gasteiger partial charge in [0.1, 0.15) is 19.0 Å². The molecule has 0 saturated carbocycles. The minimum atomic E-state index is -0.451. The summed E-state index contributed by atoms with van der Waals surface area (Å²) in [5.41, 5.74) is 1.17. The van der Waals surface area contributed by atoms with Crippen LogP contribution in [0.5, 0.6) is 5.75 Å². The number of hydrogen-bond acceptors (Lipinski definition) is 2. The first-order valence-electron chi connectivity index (χ1n) is 5.80. The molecule has 1 aromatic carbocycles. The number of alkyl halides is 1. The Morgan fingerprint density at radius 1 is 1.44 bits per heavy atom. The molecule has 2 nitrogen and oxygen atoms in total. The Morgan fingerprint density at radius 2 is 2.25 bits per heavy atom. The summed E-state index contributed by atoms with van der Waals surface area (Å²) >= 11 is 0. The van der Waals surface area contributed by atoms with E-state index in [1.807, 2.05) is 18.2 Å². The van der Waals surface area contributed by atoms with Gasteiger partial charge in [0.15, 0.2) is 0 Å². The van der Waals surface area contributed by atoms with Crippen LogP contribution in [-0.4, -0.2) is 19.8 Å². The first-order valence-corrected chi connectivity index (χ1v) is 5.80. The van der Waals surface area contributed by atoms with Gasteiger partial charge in [-0.15, -0.1) is 0 Å². The standard InChI is InChI=1S/C13H20FNO/c1-3-8-15-11(2)12-5-4-6-13(10-12)16-9-7-14/h4-6,10-11,15H,3,7-9H2,1-2H3. The van der Waals surface area contributed by atoms with Crippen molar-refractivity contribution in [2.45, 2.75) is 26.3 Å². The van der Waals surface area contributed by atoms with Crippen molar-refractivity contribution in [2.24, 2.45) is 0 Å². The van der Waals surface area contributed by atoms with Crippen LogP contribution in [0.2, 0.25) is 0 Å². The molecular weight excluding hydrogens is 205 g/mol. The zero-order chi connectivity index (χ0) is 11.8. The molecule has 1 aromatic rings. The van der Waals surface area contributed by atoms with Crippen molar-refractivity contribution in [1.29, 1.82) is 0 Å². The van der Waals surface area contributed by atoms with Gasteiger partial charge in [-0.2, -0.15) is 0 Å². The maximum atomic E-state index is 12.0. The van der Waals surface area contributed by atoms with Gasteiger partial charge in [0, 0.05) is 6.04 Å². The van der Waals surface area contributed by atoms with Gasteiger partial charge in [-0.05, 0) is 37.6 Å². The SMILES string of the molecule is CCCNC(C)c1cccc(OCCF)c1. The summed E-state index contributed by atoms with van der Waals surface area (Å²) in [6.45, 7) is 4.93. The van der Waals surface area contributed by atoms with Crippen molar-refractivity contribution in [3.8, 4) is 5.75 Å². The third-order valence-corrected chi connectivity index (χ3v) is 2.40. The van der Waals surface area contributed by atoms with Crippen molar-refractivity contribution in [3.63, 3.8) is 0 Å². The molecule has 0 spiro atoms. The van der Waals surface area contributed by atoms with E-state index in [0.29, 0.717) is 6.04 Å². The van der Waals surface area contributed by atoms with Gasteiger partial charge < -0.3 is 10.1 Å². The van der Waals surface area contributed by atoms with Crippen LogP contribution in [0.4, 0.5) is 4.39 Å². The number of hydrogen-bond donors (Lipinski definition) is 1. The Hall–Kier alpha value is -1.09. The molecular formula is C13H20FNO. The number of ether oxygens (including phenoxy) is 1. The maximum Gasteiger partial charge on any atom is 0.123 e. The molecule has 90 valence electrons. The first kappa shape index (κ1) is 13.0. The van der Waals surface area contributed by atoms with Crippen LogP contribution in [0.1, 0.15) is 31.9 Å². The molecule has 0 saturated heterocycles. The van der Waals surface area contributed by atoms with Crippen LogP contribution in [0.15, 0.2) is 24.3 Å². The van der Waals surface area contributed by atoms with E-state index >= 15 is 0 Å². The largest absolute Gasteiger partial charge is 0.491 e. The normalized spacial score (nSPS) is 12.4. The van der Waals surface area contributed by atoms with Gasteiger partial charge in [-0.3, -0.25) is 0 Å². The second-order valence-corrected chi connectivity index (χ2v) is 3.79. The average Bonchev–Trinajstić information content (AvgIpc) is 2.33. The van der Waals surface area contributed by atoms with Crippen molar-refractivity contribution in [2.75, 3.05) is 19.8 Å². The molecule has 1 rings (SSSR count). The third kappa shape index (κ3) is 4.19. The topological polar surface area (TPSA) is 21.3 Å². The fraction of sp³-hybridized carbons (Fsp3) is 0.538. The van der Waals surface area contributed by atoms with Gasteiger partial charge in [0.25, 0.3) is 0 Å². The number of halogens is 1. The summed E-state index contributed by atoms with van der Waals surface area (Å²) in [6, 6.07) is 8.10. The molecule has 0 aliphatic heterocycles. The van der Waals surface area contributed by atoms with E-state index in [9.17, 15) is 4.39 Å². The van der Waals surface area contributed by atoms with Crippen molar-refractivity contribution in [1.82, 2.24) is 5.32 Å². The van der Waals surface area contributed by atoms with Crippen molar-refractivity contribution >= 4 is 0 Å². The number of nitrogens with one attached hydrogen (secondary N) is 1. The average molecular weight is 225 g/mol. The maximum absolute atomic E-state index is 12.0. The monoisotopic (exact) mass is 225 g/mol. The Morgan fingerprint density at radius 3 is 2.94 bits per heavy atom. The fourth-order valence-electron chi connectivity index (χ4n) is 1.51. The molecule has 1 N–H and O–H groups in total. The zero-order valence-electron chi connectivity index (χ0n) is 10.0. The lowest BCUT2D eigenvalue weighted by Gasteiger charge is -2.14. The summed E-state index contributed by atoms with van der Waals surface area (Å²) in [7, 11) is 0. The molecule has 0 aliphatic carbocycles. The smallest absolute Gasteiger partial charge is 0.123 e. The van der Waals surface area contributed by atoms with Gasteiger partial charge >= 0.3 is 0 Å². The second kappa shape index (κ2) is 7.23. The molecule has 0 aliphatic rings. The highest BCUT2D eigenvalue weighted by Crippen LogP contribution is 2.18. The Balaban J connectivity index is 2.58. The highest BCUT2D eigenvalue weighted by atomic mass is 19.1. The van der Waals surface area contributed by atoms with E-state index < -0.39 is 6.67 Å². The fourth-order valence-corrected chi connectivity index (χ4v) is 1.51. The van der Waals surface area contributed by atoms with E-state index in [-0.39, 0.29) is 6.61 Å². The Kier molecular flexibility index (Phi) is 5.86. The predicted molar refractivity (Wildman–Crippen MR) is 64.6 cm³/mol. The van der Waals surface area contributed by atoms with Gasteiger partial charge in [-0.25, -0.2) is 4.39 Å². The van der Waals surface area contributed by atoms with E-state index in [1.54, 1.807) is 0 Å². The zero-order valence-corrected chi connectivity index (χ0v) is 10.0. The van der Waals surface area contributed by atoms with E-state index in [4.69, 9.17) is 4.74 Å². The molecule has 0 heterocycles. The lowest BCUT2D eigenvalue weighted by atomic mass is 10.1. The molecule has 0 radical (unpaired) electrons. The predicted octanol–water partition coefficient (Wildman–Crippen LogP) is 3.10. The molecule has 1 unspecified atom stereocenters. The van der Waals surface area contributed by atoms with Gasteiger partial charge in [-0.1, -0.05) is 19.1 Å². The van der Waals surface area contributed by atoms with Crippen LogP contribution in [0.3, 0.4) is 0 Å². The van der Waals surface area contributed by atoms with Crippen molar-refractivity contribution in [3.05, 3.63) is 29.8 Å². The van der Waals surface area contributed by atoms with E-state index in [1.165, 1.54) is 5.56 Å². The third-order valence-electron chi connectivity index (χ3n) is 2.40. The molecule has 16 heavy (non-hydrogen) atoms. The molecule has 3 heteroatoms. The van der Waals surface area contributed by atoms with Crippen LogP contribution < -0.4 is 10.1 Å². The van der Waals surface area contributed by atoms with Gasteiger partial charge in [0.05, 0.1) is 0 Å². The number of rotatable bonds is 7. The minimum Gasteiger partial charge on any atom is -0.491 e. The summed E-state index contributed by atoms with van der Waals surface area (Å²) in [5.74, 6) is 0.736. The van der Waals surface area contributed by atoms with E-state index in [2.05, 4.69) is 25.2 Å². The van der Waals surface area contributed by atoms with Crippen LogP contribution in [-0.2, 0) is 0 Å². The van der Waals surface area contributed by atoms with Crippen LogP contribution in [0.25, 0.3) is 0 Å². The Labute approximate surface area is 96.8 Å². The number of benzene rings is 1. The Bertz CT molecular complexity index is 304. The quantitative estimate of drug-likeness (QED) is 0.770. The van der Waals surface area contributed by atoms with Crippen LogP contribution in [0, 0.1) is 0 Å². The second-order valence-electron chi connectivity index (χ2n) is 3.79. The molecule has 0 aromatic heterocycles.